The molecule has 116 valence electrons. The normalized spacial score (nSPS) is 39.0. The molecular weight excluding hydrogens is 252 g/mol. The standard InChI is InChI=1S/C16H30N2O2/c1-15(7-4-5-10-19-15)14(18-17)13-6-11-20-16(12-13)8-2-3-9-16/h13-14,18H,2-12,17H2,1H3. The fourth-order valence-electron chi connectivity index (χ4n) is 4.73. The molecule has 0 radical (unpaired) electrons. The summed E-state index contributed by atoms with van der Waals surface area (Å²) in [4.78, 5) is 0. The molecule has 0 aromatic carbocycles. The third-order valence-electron chi connectivity index (χ3n) is 5.85. The van der Waals surface area contributed by atoms with Crippen LogP contribution in [-0.4, -0.2) is 30.5 Å². The lowest BCUT2D eigenvalue weighted by molar-refractivity contribution is -0.139. The molecule has 3 N–H and O–H groups in total. The van der Waals surface area contributed by atoms with Crippen molar-refractivity contribution in [3.8, 4) is 0 Å². The summed E-state index contributed by atoms with van der Waals surface area (Å²) in [6, 6.07) is 0.254. The average Bonchev–Trinajstić information content (AvgIpc) is 2.88. The summed E-state index contributed by atoms with van der Waals surface area (Å²) in [5, 5.41) is 0. The smallest absolute Gasteiger partial charge is 0.0822 e. The maximum atomic E-state index is 6.16. The van der Waals surface area contributed by atoms with E-state index in [9.17, 15) is 0 Å². The van der Waals surface area contributed by atoms with Gasteiger partial charge >= 0.3 is 0 Å². The van der Waals surface area contributed by atoms with Crippen molar-refractivity contribution in [1.82, 2.24) is 5.43 Å². The van der Waals surface area contributed by atoms with Gasteiger partial charge in [0.1, 0.15) is 0 Å². The lowest BCUT2D eigenvalue weighted by atomic mass is 9.73. The van der Waals surface area contributed by atoms with E-state index in [0.29, 0.717) is 5.92 Å². The molecule has 3 rings (SSSR count). The zero-order valence-corrected chi connectivity index (χ0v) is 12.8. The Hall–Kier alpha value is -0.160. The monoisotopic (exact) mass is 282 g/mol. The second-order valence-corrected chi connectivity index (χ2v) is 7.25. The molecule has 0 bridgehead atoms. The molecule has 0 aromatic rings. The van der Waals surface area contributed by atoms with Gasteiger partial charge in [0, 0.05) is 13.2 Å². The molecule has 0 amide bonds. The maximum absolute atomic E-state index is 6.16. The Kier molecular flexibility index (Phi) is 4.37. The number of rotatable bonds is 3. The van der Waals surface area contributed by atoms with Crippen LogP contribution in [0.5, 0.6) is 0 Å². The SMILES string of the molecule is CC1(C(NN)C2CCOC3(CCCC3)C2)CCCCO1. The Balaban J connectivity index is 1.71. The zero-order valence-electron chi connectivity index (χ0n) is 12.8. The fraction of sp³-hybridized carbons (Fsp3) is 1.00. The van der Waals surface area contributed by atoms with Gasteiger partial charge in [0.25, 0.3) is 0 Å². The minimum absolute atomic E-state index is 0.102. The van der Waals surface area contributed by atoms with Crippen molar-refractivity contribution in [2.75, 3.05) is 13.2 Å². The highest BCUT2D eigenvalue weighted by Crippen LogP contribution is 2.45. The van der Waals surface area contributed by atoms with Gasteiger partial charge in [-0.1, -0.05) is 12.8 Å². The van der Waals surface area contributed by atoms with E-state index in [2.05, 4.69) is 12.3 Å². The topological polar surface area (TPSA) is 56.5 Å². The number of nitrogens with one attached hydrogen (secondary N) is 1. The van der Waals surface area contributed by atoms with Gasteiger partial charge in [-0.2, -0.15) is 0 Å². The van der Waals surface area contributed by atoms with Gasteiger partial charge in [-0.25, -0.2) is 0 Å². The summed E-state index contributed by atoms with van der Waals surface area (Å²) in [5.74, 6) is 6.51. The van der Waals surface area contributed by atoms with Crippen molar-refractivity contribution in [1.29, 1.82) is 0 Å². The Morgan fingerprint density at radius 2 is 1.80 bits per heavy atom. The van der Waals surface area contributed by atoms with E-state index < -0.39 is 0 Å². The van der Waals surface area contributed by atoms with E-state index >= 15 is 0 Å². The Morgan fingerprint density at radius 3 is 2.45 bits per heavy atom. The first-order valence-electron chi connectivity index (χ1n) is 8.42. The molecule has 3 atom stereocenters. The van der Waals surface area contributed by atoms with Crippen LogP contribution < -0.4 is 11.3 Å². The van der Waals surface area contributed by atoms with Gasteiger partial charge in [-0.05, 0) is 57.8 Å². The lowest BCUT2D eigenvalue weighted by Gasteiger charge is -2.48. The van der Waals surface area contributed by atoms with Gasteiger partial charge < -0.3 is 9.47 Å². The van der Waals surface area contributed by atoms with E-state index in [1.165, 1.54) is 38.5 Å². The largest absolute Gasteiger partial charge is 0.375 e. The molecule has 3 fully saturated rings. The summed E-state index contributed by atoms with van der Waals surface area (Å²) in [6.07, 6.45) is 10.9. The molecule has 1 aliphatic carbocycles. The van der Waals surface area contributed by atoms with Crippen molar-refractivity contribution >= 4 is 0 Å². The second-order valence-electron chi connectivity index (χ2n) is 7.25. The number of ether oxygens (including phenoxy) is 2. The van der Waals surface area contributed by atoms with Crippen molar-refractivity contribution < 1.29 is 9.47 Å². The molecule has 1 saturated carbocycles. The fourth-order valence-corrected chi connectivity index (χ4v) is 4.73. The minimum Gasteiger partial charge on any atom is -0.375 e. The van der Waals surface area contributed by atoms with Gasteiger partial charge in [-0.15, -0.1) is 0 Å². The van der Waals surface area contributed by atoms with Crippen LogP contribution in [-0.2, 0) is 9.47 Å². The first-order chi connectivity index (χ1) is 9.68. The van der Waals surface area contributed by atoms with Crippen molar-refractivity contribution in [3.63, 3.8) is 0 Å². The summed E-state index contributed by atoms with van der Waals surface area (Å²) in [5.41, 5.74) is 3.16. The van der Waals surface area contributed by atoms with Gasteiger partial charge in [-0.3, -0.25) is 11.3 Å². The van der Waals surface area contributed by atoms with Crippen LogP contribution >= 0.6 is 0 Å². The highest BCUT2D eigenvalue weighted by atomic mass is 16.5. The van der Waals surface area contributed by atoms with Gasteiger partial charge in [0.15, 0.2) is 0 Å². The lowest BCUT2D eigenvalue weighted by Crippen LogP contribution is -2.60. The van der Waals surface area contributed by atoms with Crippen molar-refractivity contribution in [2.24, 2.45) is 11.8 Å². The molecule has 3 unspecified atom stereocenters. The minimum atomic E-state index is -0.102. The van der Waals surface area contributed by atoms with Crippen LogP contribution in [0.3, 0.4) is 0 Å². The third kappa shape index (κ3) is 2.76. The molecule has 2 saturated heterocycles. The zero-order chi connectivity index (χ0) is 14.1. The van der Waals surface area contributed by atoms with Gasteiger partial charge in [0.2, 0.25) is 0 Å². The van der Waals surface area contributed by atoms with E-state index in [-0.39, 0.29) is 17.2 Å². The first-order valence-corrected chi connectivity index (χ1v) is 8.42. The van der Waals surface area contributed by atoms with Crippen LogP contribution in [0.15, 0.2) is 0 Å². The molecule has 1 spiro atoms. The van der Waals surface area contributed by atoms with Crippen LogP contribution in [0, 0.1) is 5.92 Å². The number of hydrogen-bond donors (Lipinski definition) is 2. The van der Waals surface area contributed by atoms with Crippen LogP contribution in [0.2, 0.25) is 0 Å². The first kappa shape index (κ1) is 14.8. The number of nitrogens with two attached hydrogens (primary N) is 1. The Bertz CT molecular complexity index is 322. The second kappa shape index (κ2) is 5.91. The Labute approximate surface area is 122 Å². The molecular formula is C16H30N2O2. The summed E-state index contributed by atoms with van der Waals surface area (Å²) < 4.78 is 12.3. The molecule has 20 heavy (non-hydrogen) atoms. The summed E-state index contributed by atoms with van der Waals surface area (Å²) >= 11 is 0. The molecule has 2 aliphatic heterocycles. The summed E-state index contributed by atoms with van der Waals surface area (Å²) in [7, 11) is 0. The molecule has 2 heterocycles. The third-order valence-corrected chi connectivity index (χ3v) is 5.85. The number of hydrazine groups is 1. The summed E-state index contributed by atoms with van der Waals surface area (Å²) in [6.45, 7) is 4.01. The number of hydrogen-bond acceptors (Lipinski definition) is 4. The van der Waals surface area contributed by atoms with Crippen molar-refractivity contribution in [2.45, 2.75) is 82.0 Å². The van der Waals surface area contributed by atoms with E-state index in [0.717, 1.165) is 32.5 Å². The molecule has 0 aromatic heterocycles. The van der Waals surface area contributed by atoms with E-state index in [4.69, 9.17) is 15.3 Å². The predicted octanol–water partition coefficient (Wildman–Crippen LogP) is 2.52. The average molecular weight is 282 g/mol. The van der Waals surface area contributed by atoms with Crippen LogP contribution in [0.1, 0.15) is 64.7 Å². The van der Waals surface area contributed by atoms with Gasteiger partial charge in [0.05, 0.1) is 17.2 Å². The quantitative estimate of drug-likeness (QED) is 0.617. The van der Waals surface area contributed by atoms with E-state index in [1.54, 1.807) is 0 Å². The predicted molar refractivity (Wildman–Crippen MR) is 79.2 cm³/mol. The van der Waals surface area contributed by atoms with Crippen LogP contribution in [0.25, 0.3) is 0 Å². The van der Waals surface area contributed by atoms with Crippen molar-refractivity contribution in [3.05, 3.63) is 0 Å². The molecule has 4 heteroatoms. The molecule has 4 nitrogen and oxygen atoms in total. The Morgan fingerprint density at radius 1 is 1.05 bits per heavy atom. The maximum Gasteiger partial charge on any atom is 0.0822 e. The van der Waals surface area contributed by atoms with E-state index in [1.807, 2.05) is 0 Å². The molecule has 3 aliphatic rings. The highest BCUT2D eigenvalue weighted by Gasteiger charge is 2.47. The van der Waals surface area contributed by atoms with Crippen LogP contribution in [0.4, 0.5) is 0 Å². The highest BCUT2D eigenvalue weighted by molar-refractivity contribution is 5.00.